The van der Waals surface area contributed by atoms with E-state index in [1.165, 1.54) is 0 Å². The SMILES string of the molecule is C[C@H](N)C(=O)N(Cc1ccccc1C#N)C1CC1. The number of nitrogens with two attached hydrogens (primary N) is 1. The lowest BCUT2D eigenvalue weighted by atomic mass is 10.1. The van der Waals surface area contributed by atoms with Gasteiger partial charge < -0.3 is 10.6 Å². The molecule has 0 bridgehead atoms. The van der Waals surface area contributed by atoms with Gasteiger partial charge in [0.1, 0.15) is 0 Å². The van der Waals surface area contributed by atoms with E-state index in [1.54, 1.807) is 17.9 Å². The molecule has 0 aliphatic heterocycles. The minimum absolute atomic E-state index is 0.0368. The molecular formula is C14H17N3O. The largest absolute Gasteiger partial charge is 0.334 e. The van der Waals surface area contributed by atoms with Crippen LogP contribution in [0.1, 0.15) is 30.9 Å². The highest BCUT2D eigenvalue weighted by Crippen LogP contribution is 2.29. The van der Waals surface area contributed by atoms with E-state index in [4.69, 9.17) is 11.0 Å². The average Bonchev–Trinajstić information content (AvgIpc) is 3.19. The van der Waals surface area contributed by atoms with Crippen LogP contribution in [0.25, 0.3) is 0 Å². The first-order valence-corrected chi connectivity index (χ1v) is 6.17. The fourth-order valence-corrected chi connectivity index (χ4v) is 1.99. The molecule has 0 radical (unpaired) electrons. The van der Waals surface area contributed by atoms with Crippen molar-refractivity contribution >= 4 is 5.91 Å². The number of amides is 1. The third kappa shape index (κ3) is 2.69. The van der Waals surface area contributed by atoms with E-state index >= 15 is 0 Å². The quantitative estimate of drug-likeness (QED) is 0.868. The van der Waals surface area contributed by atoms with Crippen LogP contribution < -0.4 is 5.73 Å². The van der Waals surface area contributed by atoms with Crippen LogP contribution >= 0.6 is 0 Å². The molecule has 1 aromatic carbocycles. The maximum absolute atomic E-state index is 12.0. The molecule has 1 aliphatic rings. The van der Waals surface area contributed by atoms with Crippen molar-refractivity contribution in [1.82, 2.24) is 4.90 Å². The number of rotatable bonds is 4. The van der Waals surface area contributed by atoms with E-state index in [0.29, 0.717) is 18.2 Å². The Balaban J connectivity index is 2.19. The van der Waals surface area contributed by atoms with Gasteiger partial charge >= 0.3 is 0 Å². The van der Waals surface area contributed by atoms with Crippen molar-refractivity contribution in [3.63, 3.8) is 0 Å². The molecule has 0 unspecified atom stereocenters. The molecule has 2 N–H and O–H groups in total. The predicted molar refractivity (Wildman–Crippen MR) is 68.4 cm³/mol. The molecule has 1 aromatic rings. The van der Waals surface area contributed by atoms with Gasteiger partial charge in [0.25, 0.3) is 0 Å². The molecule has 1 amide bonds. The van der Waals surface area contributed by atoms with Crippen LogP contribution in [0, 0.1) is 11.3 Å². The monoisotopic (exact) mass is 243 g/mol. The summed E-state index contributed by atoms with van der Waals surface area (Å²) in [6, 6.07) is 9.36. The lowest BCUT2D eigenvalue weighted by Crippen LogP contribution is -2.43. The van der Waals surface area contributed by atoms with Gasteiger partial charge in [-0.1, -0.05) is 18.2 Å². The smallest absolute Gasteiger partial charge is 0.239 e. The van der Waals surface area contributed by atoms with Crippen LogP contribution in [0.5, 0.6) is 0 Å². The highest BCUT2D eigenvalue weighted by atomic mass is 16.2. The highest BCUT2D eigenvalue weighted by Gasteiger charge is 2.33. The first-order chi connectivity index (χ1) is 8.63. The minimum atomic E-state index is -0.486. The second kappa shape index (κ2) is 5.19. The maximum Gasteiger partial charge on any atom is 0.239 e. The van der Waals surface area contributed by atoms with Gasteiger partial charge in [0.05, 0.1) is 17.7 Å². The third-order valence-corrected chi connectivity index (χ3v) is 3.14. The van der Waals surface area contributed by atoms with Crippen molar-refractivity contribution in [2.45, 2.75) is 38.4 Å². The third-order valence-electron chi connectivity index (χ3n) is 3.14. The number of carbonyl (C=O) groups excluding carboxylic acids is 1. The molecule has 94 valence electrons. The van der Waals surface area contributed by atoms with Gasteiger partial charge in [-0.3, -0.25) is 4.79 Å². The molecule has 0 heterocycles. The zero-order valence-electron chi connectivity index (χ0n) is 10.5. The maximum atomic E-state index is 12.0. The summed E-state index contributed by atoms with van der Waals surface area (Å²) >= 11 is 0. The Bertz CT molecular complexity index is 486. The second-order valence-corrected chi connectivity index (χ2v) is 4.75. The molecule has 4 heteroatoms. The Kier molecular flexibility index (Phi) is 3.63. The lowest BCUT2D eigenvalue weighted by Gasteiger charge is -2.24. The summed E-state index contributed by atoms with van der Waals surface area (Å²) in [5.41, 5.74) is 7.19. The normalized spacial score (nSPS) is 15.8. The van der Waals surface area contributed by atoms with Gasteiger partial charge in [0.2, 0.25) is 5.91 Å². The molecule has 0 aromatic heterocycles. The number of nitrogens with zero attached hydrogens (tertiary/aromatic N) is 2. The van der Waals surface area contributed by atoms with Crippen molar-refractivity contribution in [3.8, 4) is 6.07 Å². The van der Waals surface area contributed by atoms with Crippen LogP contribution in [-0.4, -0.2) is 22.9 Å². The van der Waals surface area contributed by atoms with E-state index in [-0.39, 0.29) is 5.91 Å². The van der Waals surface area contributed by atoms with E-state index < -0.39 is 6.04 Å². The van der Waals surface area contributed by atoms with E-state index in [9.17, 15) is 4.79 Å². The molecule has 4 nitrogen and oxygen atoms in total. The second-order valence-electron chi connectivity index (χ2n) is 4.75. The molecule has 1 fully saturated rings. The molecule has 0 spiro atoms. The van der Waals surface area contributed by atoms with Gasteiger partial charge in [-0.15, -0.1) is 0 Å². The Morgan fingerprint density at radius 1 is 1.56 bits per heavy atom. The van der Waals surface area contributed by atoms with Crippen molar-refractivity contribution in [1.29, 1.82) is 5.26 Å². The Hall–Kier alpha value is -1.86. The van der Waals surface area contributed by atoms with Crippen LogP contribution in [0.3, 0.4) is 0 Å². The Morgan fingerprint density at radius 3 is 2.78 bits per heavy atom. The van der Waals surface area contributed by atoms with Gasteiger partial charge in [0, 0.05) is 12.6 Å². The molecule has 1 atom stereocenters. The number of hydrogen-bond acceptors (Lipinski definition) is 3. The zero-order chi connectivity index (χ0) is 13.1. The average molecular weight is 243 g/mol. The molecule has 2 rings (SSSR count). The summed E-state index contributed by atoms with van der Waals surface area (Å²) in [5, 5.41) is 9.06. The summed E-state index contributed by atoms with van der Waals surface area (Å²) in [4.78, 5) is 13.9. The van der Waals surface area contributed by atoms with Gasteiger partial charge in [0.15, 0.2) is 0 Å². The van der Waals surface area contributed by atoms with E-state index in [1.807, 2.05) is 18.2 Å². The van der Waals surface area contributed by atoms with Crippen LogP contribution in [0.15, 0.2) is 24.3 Å². The number of benzene rings is 1. The van der Waals surface area contributed by atoms with Crippen molar-refractivity contribution in [2.24, 2.45) is 5.73 Å². The Labute approximate surface area is 107 Å². The van der Waals surface area contributed by atoms with Crippen molar-refractivity contribution in [3.05, 3.63) is 35.4 Å². The van der Waals surface area contributed by atoms with Crippen LogP contribution in [0.4, 0.5) is 0 Å². The van der Waals surface area contributed by atoms with E-state index in [2.05, 4.69) is 6.07 Å². The van der Waals surface area contributed by atoms with Gasteiger partial charge in [-0.2, -0.15) is 5.26 Å². The zero-order valence-corrected chi connectivity index (χ0v) is 10.5. The number of nitriles is 1. The molecule has 0 saturated heterocycles. The van der Waals surface area contributed by atoms with Crippen molar-refractivity contribution < 1.29 is 4.79 Å². The topological polar surface area (TPSA) is 70.1 Å². The molecule has 1 saturated carbocycles. The number of carbonyl (C=O) groups is 1. The van der Waals surface area contributed by atoms with Gasteiger partial charge in [-0.05, 0) is 31.4 Å². The lowest BCUT2D eigenvalue weighted by molar-refractivity contribution is -0.133. The summed E-state index contributed by atoms with van der Waals surface area (Å²) in [5.74, 6) is -0.0368. The fraction of sp³-hybridized carbons (Fsp3) is 0.429. The Morgan fingerprint density at radius 2 is 2.22 bits per heavy atom. The summed E-state index contributed by atoms with van der Waals surface area (Å²) < 4.78 is 0. The molecule has 18 heavy (non-hydrogen) atoms. The van der Waals surface area contributed by atoms with Crippen molar-refractivity contribution in [2.75, 3.05) is 0 Å². The first kappa shape index (κ1) is 12.6. The van der Waals surface area contributed by atoms with Crippen LogP contribution in [0.2, 0.25) is 0 Å². The predicted octanol–water partition coefficient (Wildman–Crippen LogP) is 1.40. The number of hydrogen-bond donors (Lipinski definition) is 1. The molecule has 1 aliphatic carbocycles. The fourth-order valence-electron chi connectivity index (χ4n) is 1.99. The summed E-state index contributed by atoms with van der Waals surface area (Å²) in [7, 11) is 0. The van der Waals surface area contributed by atoms with Crippen LogP contribution in [-0.2, 0) is 11.3 Å². The standard InChI is InChI=1S/C14H17N3O/c1-10(16)14(18)17(13-6-7-13)9-12-5-3-2-4-11(12)8-15/h2-5,10,13H,6-7,9,16H2,1H3/t10-/m0/s1. The first-order valence-electron chi connectivity index (χ1n) is 6.17. The summed E-state index contributed by atoms with van der Waals surface area (Å²) in [6.07, 6.45) is 2.07. The summed E-state index contributed by atoms with van der Waals surface area (Å²) in [6.45, 7) is 2.18. The highest BCUT2D eigenvalue weighted by molar-refractivity contribution is 5.81. The minimum Gasteiger partial charge on any atom is -0.334 e. The van der Waals surface area contributed by atoms with E-state index in [0.717, 1.165) is 18.4 Å². The molecular weight excluding hydrogens is 226 g/mol. The van der Waals surface area contributed by atoms with Gasteiger partial charge in [-0.25, -0.2) is 0 Å².